The highest BCUT2D eigenvalue weighted by atomic mass is 16.3. The molecular weight excluding hydrogens is 204 g/mol. The van der Waals surface area contributed by atoms with Crippen LogP contribution in [0.5, 0.6) is 0 Å². The number of ketones is 1. The molecule has 0 spiro atoms. The van der Waals surface area contributed by atoms with Gasteiger partial charge in [0.05, 0.1) is 0 Å². The number of allylic oxidation sites excluding steroid dienone is 4. The zero-order chi connectivity index (χ0) is 11.6. The molecule has 3 nitrogen and oxygen atoms in total. The summed E-state index contributed by atoms with van der Waals surface area (Å²) in [6.45, 7) is 0. The van der Waals surface area contributed by atoms with Crippen molar-refractivity contribution in [1.29, 1.82) is 0 Å². The van der Waals surface area contributed by atoms with Crippen molar-refractivity contribution in [3.8, 4) is 0 Å². The van der Waals surface area contributed by atoms with Crippen molar-refractivity contribution in [2.45, 2.75) is 24.0 Å². The lowest BCUT2D eigenvalue weighted by Crippen LogP contribution is -2.51. The average molecular weight is 218 g/mol. The van der Waals surface area contributed by atoms with Crippen molar-refractivity contribution in [1.82, 2.24) is 0 Å². The van der Waals surface area contributed by atoms with E-state index in [4.69, 9.17) is 0 Å². The predicted octanol–water partition coefficient (Wildman–Crippen LogP) is 1.05. The maximum absolute atomic E-state index is 12.1. The van der Waals surface area contributed by atoms with E-state index < -0.39 is 17.0 Å². The fraction of sp³-hybridized carbons (Fsp3) is 0.308. The van der Waals surface area contributed by atoms with Gasteiger partial charge in [-0.25, -0.2) is 0 Å². The Bertz CT molecular complexity index is 379. The minimum absolute atomic E-state index is 0.211. The largest absolute Gasteiger partial charge is 0.377 e. The highest BCUT2D eigenvalue weighted by Crippen LogP contribution is 2.29. The normalized spacial score (nSPS) is 36.6. The molecule has 84 valence electrons. The topological polar surface area (TPSA) is 57.5 Å². The zero-order valence-electron chi connectivity index (χ0n) is 8.84. The van der Waals surface area contributed by atoms with Crippen molar-refractivity contribution < 1.29 is 15.0 Å². The molecule has 2 atom stereocenters. The van der Waals surface area contributed by atoms with Gasteiger partial charge < -0.3 is 10.2 Å². The number of hydrogen-bond donors (Lipinski definition) is 2. The molecule has 0 radical (unpaired) electrons. The number of Topliss-reactive ketones (excluding diaryl/α,β-unsaturated/α-hetero) is 1. The molecule has 0 saturated carbocycles. The number of hydrogen-bond acceptors (Lipinski definition) is 3. The van der Waals surface area contributed by atoms with Crippen molar-refractivity contribution >= 4 is 5.78 Å². The molecule has 0 bridgehead atoms. The molecule has 2 aliphatic rings. The molecule has 2 unspecified atom stereocenters. The average Bonchev–Trinajstić information content (AvgIpc) is 2.30. The van der Waals surface area contributed by atoms with Crippen LogP contribution in [0, 0.1) is 0 Å². The van der Waals surface area contributed by atoms with Gasteiger partial charge in [0.25, 0.3) is 0 Å². The lowest BCUT2D eigenvalue weighted by atomic mass is 9.78. The van der Waals surface area contributed by atoms with Crippen molar-refractivity contribution in [3.05, 3.63) is 48.6 Å². The van der Waals surface area contributed by atoms with Crippen molar-refractivity contribution in [2.24, 2.45) is 0 Å². The van der Waals surface area contributed by atoms with Gasteiger partial charge in [0.2, 0.25) is 5.78 Å². The second-order valence-electron chi connectivity index (χ2n) is 4.16. The third kappa shape index (κ3) is 1.79. The first kappa shape index (κ1) is 11.0. The van der Waals surface area contributed by atoms with Gasteiger partial charge in [-0.3, -0.25) is 4.79 Å². The van der Waals surface area contributed by atoms with Crippen LogP contribution in [-0.4, -0.2) is 27.2 Å². The van der Waals surface area contributed by atoms with Crippen LogP contribution in [0.4, 0.5) is 0 Å². The summed E-state index contributed by atoms with van der Waals surface area (Å²) in [7, 11) is 0. The summed E-state index contributed by atoms with van der Waals surface area (Å²) in [5.41, 5.74) is -3.17. The second-order valence-corrected chi connectivity index (χ2v) is 4.16. The van der Waals surface area contributed by atoms with Crippen LogP contribution in [0.3, 0.4) is 0 Å². The molecule has 3 heteroatoms. The van der Waals surface area contributed by atoms with E-state index in [1.54, 1.807) is 36.5 Å². The zero-order valence-corrected chi connectivity index (χ0v) is 8.84. The van der Waals surface area contributed by atoms with E-state index >= 15 is 0 Å². The number of aliphatic hydroxyl groups is 2. The van der Waals surface area contributed by atoms with Crippen molar-refractivity contribution in [2.75, 3.05) is 0 Å². The SMILES string of the molecule is O=C(C1(O)C=CC=CC1)C1(O)C=CC=CC1. The minimum Gasteiger partial charge on any atom is -0.377 e. The highest BCUT2D eigenvalue weighted by molar-refractivity contribution is 5.98. The van der Waals surface area contributed by atoms with Crippen LogP contribution >= 0.6 is 0 Å². The molecule has 0 aromatic carbocycles. The number of rotatable bonds is 2. The van der Waals surface area contributed by atoms with Crippen LogP contribution in [0.15, 0.2) is 48.6 Å². The maximum atomic E-state index is 12.1. The quantitative estimate of drug-likeness (QED) is 0.728. The van der Waals surface area contributed by atoms with Crippen LogP contribution < -0.4 is 0 Å². The Kier molecular flexibility index (Phi) is 2.66. The summed E-state index contributed by atoms with van der Waals surface area (Å²) in [5, 5.41) is 20.3. The molecular formula is C13H14O3. The van der Waals surface area contributed by atoms with E-state index in [1.165, 1.54) is 12.2 Å². The molecule has 16 heavy (non-hydrogen) atoms. The summed E-state index contributed by atoms with van der Waals surface area (Å²) in [5.74, 6) is -0.568. The van der Waals surface area contributed by atoms with Crippen molar-refractivity contribution in [3.63, 3.8) is 0 Å². The molecule has 0 heterocycles. The van der Waals surface area contributed by atoms with E-state index in [1.807, 2.05) is 0 Å². The minimum atomic E-state index is -1.58. The second kappa shape index (κ2) is 3.85. The van der Waals surface area contributed by atoms with Crippen LogP contribution in [0.25, 0.3) is 0 Å². The third-order valence-electron chi connectivity index (χ3n) is 2.88. The molecule has 0 amide bonds. The standard InChI is InChI=1S/C13H14O3/c14-11(12(15)7-3-1-4-8-12)13(16)9-5-2-6-10-13/h1-7,9,15-16H,8,10H2. The molecule has 2 rings (SSSR count). The Hall–Kier alpha value is -1.45. The molecule has 2 N–H and O–H groups in total. The summed E-state index contributed by atoms with van der Waals surface area (Å²) in [6, 6.07) is 0. The van der Waals surface area contributed by atoms with E-state index in [9.17, 15) is 15.0 Å². The Morgan fingerprint density at radius 3 is 1.62 bits per heavy atom. The van der Waals surface area contributed by atoms with Gasteiger partial charge in [-0.05, 0) is 12.2 Å². The monoisotopic (exact) mass is 218 g/mol. The Balaban J connectivity index is 2.25. The van der Waals surface area contributed by atoms with E-state index in [0.29, 0.717) is 0 Å². The first-order valence-corrected chi connectivity index (χ1v) is 5.25. The van der Waals surface area contributed by atoms with Crippen LogP contribution in [-0.2, 0) is 4.79 Å². The molecule has 0 aromatic rings. The maximum Gasteiger partial charge on any atom is 0.204 e. The summed E-state index contributed by atoms with van der Waals surface area (Å²) >= 11 is 0. The fourth-order valence-electron chi connectivity index (χ4n) is 1.93. The van der Waals surface area contributed by atoms with Crippen LogP contribution in [0.2, 0.25) is 0 Å². The van der Waals surface area contributed by atoms with E-state index in [-0.39, 0.29) is 12.8 Å². The van der Waals surface area contributed by atoms with Gasteiger partial charge in [-0.15, -0.1) is 0 Å². The van der Waals surface area contributed by atoms with E-state index in [2.05, 4.69) is 0 Å². The Morgan fingerprint density at radius 2 is 1.31 bits per heavy atom. The summed E-state index contributed by atoms with van der Waals surface area (Å²) in [4.78, 5) is 12.1. The number of carbonyl (C=O) groups is 1. The first-order chi connectivity index (χ1) is 7.57. The third-order valence-corrected chi connectivity index (χ3v) is 2.88. The lowest BCUT2D eigenvalue weighted by Gasteiger charge is -2.32. The van der Waals surface area contributed by atoms with Crippen LogP contribution in [0.1, 0.15) is 12.8 Å². The first-order valence-electron chi connectivity index (χ1n) is 5.25. The van der Waals surface area contributed by atoms with Gasteiger partial charge in [0, 0.05) is 12.8 Å². The van der Waals surface area contributed by atoms with Gasteiger partial charge in [0.15, 0.2) is 0 Å². The molecule has 2 aliphatic carbocycles. The fourth-order valence-corrected chi connectivity index (χ4v) is 1.93. The highest BCUT2D eigenvalue weighted by Gasteiger charge is 2.45. The molecule has 0 saturated heterocycles. The molecule has 0 aliphatic heterocycles. The number of carbonyl (C=O) groups excluding carboxylic acids is 1. The van der Waals surface area contributed by atoms with Gasteiger partial charge in [-0.2, -0.15) is 0 Å². The summed E-state index contributed by atoms with van der Waals surface area (Å²) < 4.78 is 0. The predicted molar refractivity (Wildman–Crippen MR) is 60.7 cm³/mol. The van der Waals surface area contributed by atoms with Gasteiger partial charge >= 0.3 is 0 Å². The summed E-state index contributed by atoms with van der Waals surface area (Å²) in [6.07, 6.45) is 13.5. The molecule has 0 fully saturated rings. The Labute approximate surface area is 94.1 Å². The smallest absolute Gasteiger partial charge is 0.204 e. The Morgan fingerprint density at radius 1 is 0.875 bits per heavy atom. The molecule has 0 aromatic heterocycles. The lowest BCUT2D eigenvalue weighted by molar-refractivity contribution is -0.147. The van der Waals surface area contributed by atoms with Gasteiger partial charge in [-0.1, -0.05) is 36.5 Å². The van der Waals surface area contributed by atoms with E-state index in [0.717, 1.165) is 0 Å². The van der Waals surface area contributed by atoms with Gasteiger partial charge in [0.1, 0.15) is 11.2 Å².